The summed E-state index contributed by atoms with van der Waals surface area (Å²) in [5, 5.41) is 6.14. The van der Waals surface area contributed by atoms with Crippen LogP contribution in [0.4, 0.5) is 9.59 Å². The van der Waals surface area contributed by atoms with Crippen LogP contribution in [0.2, 0.25) is 18.1 Å². The van der Waals surface area contributed by atoms with Crippen molar-refractivity contribution in [1.29, 1.82) is 0 Å². The molecule has 0 unspecified atom stereocenters. The van der Waals surface area contributed by atoms with Gasteiger partial charge in [-0.05, 0) is 87.5 Å². The summed E-state index contributed by atoms with van der Waals surface area (Å²) in [6.45, 7) is 16.6. The normalized spacial score (nSPS) is 14.1. The zero-order chi connectivity index (χ0) is 33.1. The molecule has 0 fully saturated rings. The molecule has 0 spiro atoms. The molecule has 9 nitrogen and oxygen atoms in total. The minimum atomic E-state index is -2.36. The third-order valence-corrected chi connectivity index (χ3v) is 12.4. The number of aromatic nitrogens is 2. The molecule has 0 aliphatic carbocycles. The quantitative estimate of drug-likeness (QED) is 0.191. The zero-order valence-corrected chi connectivity index (χ0v) is 29.0. The Morgan fingerprint density at radius 3 is 2.02 bits per heavy atom. The number of amides is 2. The number of nitrogens with one attached hydrogen (secondary N) is 2. The van der Waals surface area contributed by atoms with Crippen molar-refractivity contribution in [3.63, 3.8) is 0 Å². The van der Waals surface area contributed by atoms with Crippen LogP contribution in [0.25, 0.3) is 0 Å². The Balaban J connectivity index is 1.96. The van der Waals surface area contributed by atoms with Gasteiger partial charge in [-0.15, -0.1) is 0 Å². The first-order valence-corrected chi connectivity index (χ1v) is 18.4. The zero-order valence-electron chi connectivity index (χ0n) is 28.0. The van der Waals surface area contributed by atoms with Crippen LogP contribution in [-0.4, -0.2) is 54.3 Å². The maximum atomic E-state index is 13.2. The van der Waals surface area contributed by atoms with Gasteiger partial charge in [0.1, 0.15) is 12.2 Å². The maximum absolute atomic E-state index is 13.2. The predicted molar refractivity (Wildman–Crippen MR) is 179 cm³/mol. The molecule has 10 heteroatoms. The number of alkyl carbamates (subject to hydrolysis) is 2. The lowest BCUT2D eigenvalue weighted by molar-refractivity contribution is 0.0412. The second kappa shape index (κ2) is 16.0. The van der Waals surface area contributed by atoms with E-state index in [4.69, 9.17) is 13.9 Å². The van der Waals surface area contributed by atoms with Gasteiger partial charge in [-0.3, -0.25) is 9.97 Å². The Kier molecular flexibility index (Phi) is 12.7. The molecule has 0 saturated heterocycles. The molecule has 0 aliphatic heterocycles. The summed E-state index contributed by atoms with van der Waals surface area (Å²) in [4.78, 5) is 34.6. The SMILES string of the molecule is CC(C)(C)OC(=O)N[C@@H](Cc1ccccc1)[C@H](C[C@@H](Cc1ccncc1)NC(=O)OCc1cccnc1)O[Si](C)(C)C(C)(C)C. The molecule has 3 atom stereocenters. The van der Waals surface area contributed by atoms with Gasteiger partial charge in [-0.25, -0.2) is 9.59 Å². The highest BCUT2D eigenvalue weighted by molar-refractivity contribution is 6.74. The highest BCUT2D eigenvalue weighted by Crippen LogP contribution is 2.38. The van der Waals surface area contributed by atoms with Crippen molar-refractivity contribution in [1.82, 2.24) is 20.6 Å². The highest BCUT2D eigenvalue weighted by Gasteiger charge is 2.42. The Morgan fingerprint density at radius 1 is 0.778 bits per heavy atom. The van der Waals surface area contributed by atoms with Gasteiger partial charge in [0, 0.05) is 36.4 Å². The molecule has 2 aromatic heterocycles. The van der Waals surface area contributed by atoms with Crippen LogP contribution in [0.1, 0.15) is 64.7 Å². The summed E-state index contributed by atoms with van der Waals surface area (Å²) in [7, 11) is -2.36. The number of carbonyl (C=O) groups excluding carboxylic acids is 2. The summed E-state index contributed by atoms with van der Waals surface area (Å²) in [6.07, 6.45) is 6.77. The number of rotatable bonds is 13. The molecule has 0 bridgehead atoms. The van der Waals surface area contributed by atoms with E-state index >= 15 is 0 Å². The summed E-state index contributed by atoms with van der Waals surface area (Å²) in [5.41, 5.74) is 2.19. The number of hydrogen-bond acceptors (Lipinski definition) is 7. The fourth-order valence-electron chi connectivity index (χ4n) is 4.57. The molecule has 0 radical (unpaired) electrons. The van der Waals surface area contributed by atoms with E-state index in [0.29, 0.717) is 19.3 Å². The molecule has 2 heterocycles. The summed E-state index contributed by atoms with van der Waals surface area (Å²) in [6, 6.07) is 16.7. The van der Waals surface area contributed by atoms with Crippen LogP contribution in [0, 0.1) is 0 Å². The highest BCUT2D eigenvalue weighted by atomic mass is 28.4. The molecule has 2 N–H and O–H groups in total. The van der Waals surface area contributed by atoms with Gasteiger partial charge in [0.2, 0.25) is 0 Å². The molecular weight excluding hydrogens is 584 g/mol. The Labute approximate surface area is 269 Å². The molecule has 244 valence electrons. The van der Waals surface area contributed by atoms with Crippen molar-refractivity contribution in [3.8, 4) is 0 Å². The number of nitrogens with zero attached hydrogens (tertiary/aromatic N) is 2. The van der Waals surface area contributed by atoms with Gasteiger partial charge in [-0.1, -0.05) is 57.2 Å². The first-order chi connectivity index (χ1) is 21.1. The van der Waals surface area contributed by atoms with Crippen molar-refractivity contribution < 1.29 is 23.5 Å². The van der Waals surface area contributed by atoms with Gasteiger partial charge in [0.05, 0.1) is 12.1 Å². The molecule has 0 saturated carbocycles. The number of carbonyl (C=O) groups is 2. The van der Waals surface area contributed by atoms with Crippen molar-refractivity contribution >= 4 is 20.5 Å². The van der Waals surface area contributed by atoms with E-state index in [9.17, 15) is 9.59 Å². The molecule has 2 amide bonds. The van der Waals surface area contributed by atoms with Crippen LogP contribution in [0.15, 0.2) is 79.4 Å². The minimum Gasteiger partial charge on any atom is -0.445 e. The van der Waals surface area contributed by atoms with Crippen molar-refractivity contribution in [2.45, 2.75) is 109 Å². The lowest BCUT2D eigenvalue weighted by Gasteiger charge is -2.42. The summed E-state index contributed by atoms with van der Waals surface area (Å²) >= 11 is 0. The smallest absolute Gasteiger partial charge is 0.407 e. The number of pyridine rings is 2. The monoisotopic (exact) mass is 634 g/mol. The van der Waals surface area contributed by atoms with E-state index in [0.717, 1.165) is 16.7 Å². The molecule has 3 aromatic rings. The second-order valence-electron chi connectivity index (χ2n) is 13.9. The van der Waals surface area contributed by atoms with Gasteiger partial charge >= 0.3 is 12.2 Å². The van der Waals surface area contributed by atoms with Crippen LogP contribution < -0.4 is 10.6 Å². The van der Waals surface area contributed by atoms with Gasteiger partial charge in [0.15, 0.2) is 8.32 Å². The molecular formula is C35H50N4O5Si. The van der Waals surface area contributed by atoms with E-state index in [1.807, 2.05) is 69.3 Å². The third-order valence-electron chi connectivity index (χ3n) is 7.86. The maximum Gasteiger partial charge on any atom is 0.407 e. The molecule has 1 aromatic carbocycles. The lowest BCUT2D eigenvalue weighted by atomic mass is 9.94. The average Bonchev–Trinajstić information content (AvgIpc) is 2.95. The van der Waals surface area contributed by atoms with Crippen molar-refractivity contribution in [2.24, 2.45) is 0 Å². The van der Waals surface area contributed by atoms with E-state index in [2.05, 4.69) is 54.5 Å². The lowest BCUT2D eigenvalue weighted by Crippen LogP contribution is -2.55. The summed E-state index contributed by atoms with van der Waals surface area (Å²) in [5.74, 6) is 0. The van der Waals surface area contributed by atoms with Crippen molar-refractivity contribution in [3.05, 3.63) is 96.1 Å². The van der Waals surface area contributed by atoms with Gasteiger partial charge < -0.3 is 24.5 Å². The first-order valence-electron chi connectivity index (χ1n) is 15.5. The topological polar surface area (TPSA) is 112 Å². The number of benzene rings is 1. The second-order valence-corrected chi connectivity index (χ2v) is 18.7. The largest absolute Gasteiger partial charge is 0.445 e. The average molecular weight is 635 g/mol. The fraction of sp³-hybridized carbons (Fsp3) is 0.486. The number of hydrogen-bond donors (Lipinski definition) is 2. The van der Waals surface area contributed by atoms with Crippen LogP contribution in [0.3, 0.4) is 0 Å². The van der Waals surface area contributed by atoms with E-state index < -0.39 is 38.3 Å². The number of ether oxygens (including phenoxy) is 2. The van der Waals surface area contributed by atoms with E-state index in [1.165, 1.54) is 0 Å². The first kappa shape index (κ1) is 35.7. The standard InChI is InChI=1S/C35H50N4O5Si/c1-34(2,3)43-33(41)39-30(22-26-13-10-9-11-14-26)31(44-45(7,8)35(4,5)6)23-29(21-27-16-19-36-20-17-27)38-32(40)42-25-28-15-12-18-37-24-28/h9-20,24,29-31H,21-23,25H2,1-8H3,(H,38,40)(H,39,41)/t29-,30+,31+/m1/s1. The molecule has 0 aliphatic rings. The van der Waals surface area contributed by atoms with E-state index in [1.54, 1.807) is 30.9 Å². The van der Waals surface area contributed by atoms with E-state index in [-0.39, 0.29) is 17.7 Å². The predicted octanol–water partition coefficient (Wildman–Crippen LogP) is 7.23. The Bertz CT molecular complexity index is 1330. The third kappa shape index (κ3) is 12.6. The molecule has 45 heavy (non-hydrogen) atoms. The van der Waals surface area contributed by atoms with Gasteiger partial charge in [-0.2, -0.15) is 0 Å². The summed E-state index contributed by atoms with van der Waals surface area (Å²) < 4.78 is 18.4. The van der Waals surface area contributed by atoms with Gasteiger partial charge in [0.25, 0.3) is 0 Å². The fourth-order valence-corrected chi connectivity index (χ4v) is 5.94. The van der Waals surface area contributed by atoms with Crippen molar-refractivity contribution in [2.75, 3.05) is 0 Å². The van der Waals surface area contributed by atoms with Crippen LogP contribution >= 0.6 is 0 Å². The van der Waals surface area contributed by atoms with Crippen LogP contribution in [0.5, 0.6) is 0 Å². The Hall–Kier alpha value is -3.76. The Morgan fingerprint density at radius 2 is 1.42 bits per heavy atom. The molecule has 3 rings (SSSR count). The van der Waals surface area contributed by atoms with Crippen LogP contribution in [-0.2, 0) is 33.3 Å². The minimum absolute atomic E-state index is 0.0921.